The van der Waals surface area contributed by atoms with Crippen molar-refractivity contribution in [2.45, 2.75) is 18.9 Å². The van der Waals surface area contributed by atoms with Crippen molar-refractivity contribution >= 4 is 22.4 Å². The zero-order valence-corrected chi connectivity index (χ0v) is 13.3. The molecule has 2 heterocycles. The molecule has 1 fully saturated rings. The Morgan fingerprint density at radius 1 is 1.45 bits per heavy atom. The highest BCUT2D eigenvalue weighted by atomic mass is 32.1. The summed E-state index contributed by atoms with van der Waals surface area (Å²) < 4.78 is 5.20. The van der Waals surface area contributed by atoms with Crippen molar-refractivity contribution in [3.8, 4) is 5.75 Å². The van der Waals surface area contributed by atoms with Crippen molar-refractivity contribution in [3.63, 3.8) is 0 Å². The number of hydrogen-bond donors (Lipinski definition) is 1. The number of anilines is 1. The smallest absolute Gasteiger partial charge is 0.240 e. The first-order valence-electron chi connectivity index (χ1n) is 7.33. The number of rotatable bonds is 5. The maximum atomic E-state index is 12.1. The highest BCUT2D eigenvalue weighted by Crippen LogP contribution is 2.32. The molecule has 1 aliphatic rings. The number of benzene rings is 1. The van der Waals surface area contributed by atoms with E-state index in [1.165, 1.54) is 16.9 Å². The van der Waals surface area contributed by atoms with E-state index in [1.807, 2.05) is 17.5 Å². The van der Waals surface area contributed by atoms with Gasteiger partial charge in [0.25, 0.3) is 0 Å². The number of methoxy groups -OCH3 is 1. The second-order valence-corrected chi connectivity index (χ2v) is 6.18. The van der Waals surface area contributed by atoms with Gasteiger partial charge in [0.15, 0.2) is 5.13 Å². The Labute approximate surface area is 133 Å². The van der Waals surface area contributed by atoms with Gasteiger partial charge in [-0.3, -0.25) is 9.69 Å². The van der Waals surface area contributed by atoms with E-state index in [4.69, 9.17) is 4.74 Å². The molecule has 116 valence electrons. The van der Waals surface area contributed by atoms with Crippen LogP contribution in [0.4, 0.5) is 5.13 Å². The van der Waals surface area contributed by atoms with E-state index >= 15 is 0 Å². The first kappa shape index (κ1) is 15.0. The van der Waals surface area contributed by atoms with Crippen LogP contribution in [0.25, 0.3) is 0 Å². The number of amides is 1. The third-order valence-corrected chi connectivity index (χ3v) is 4.58. The summed E-state index contributed by atoms with van der Waals surface area (Å²) in [7, 11) is 1.67. The number of likely N-dealkylation sites (tertiary alicyclic amines) is 1. The van der Waals surface area contributed by atoms with Gasteiger partial charge in [-0.15, -0.1) is 11.3 Å². The van der Waals surface area contributed by atoms with Crippen molar-refractivity contribution in [2.24, 2.45) is 0 Å². The first-order valence-corrected chi connectivity index (χ1v) is 8.21. The molecule has 1 unspecified atom stereocenters. The topological polar surface area (TPSA) is 54.5 Å². The zero-order valence-electron chi connectivity index (χ0n) is 12.5. The minimum atomic E-state index is -0.00429. The molecule has 22 heavy (non-hydrogen) atoms. The Hall–Kier alpha value is -1.92. The molecule has 5 nitrogen and oxygen atoms in total. The fourth-order valence-corrected chi connectivity index (χ4v) is 3.39. The molecule has 1 saturated heterocycles. The van der Waals surface area contributed by atoms with Crippen LogP contribution in [0, 0.1) is 0 Å². The molecule has 1 N–H and O–H groups in total. The number of nitrogens with zero attached hydrogens (tertiary/aromatic N) is 2. The minimum absolute atomic E-state index is 0.00429. The lowest BCUT2D eigenvalue weighted by atomic mass is 10.0. The van der Waals surface area contributed by atoms with Crippen LogP contribution in [0.15, 0.2) is 35.8 Å². The normalized spacial score (nSPS) is 18.3. The van der Waals surface area contributed by atoms with Crippen LogP contribution in [-0.4, -0.2) is 36.0 Å². The van der Waals surface area contributed by atoms with Crippen LogP contribution in [0.5, 0.6) is 5.75 Å². The molecule has 1 aromatic heterocycles. The number of carbonyl (C=O) groups excluding carboxylic acids is 1. The summed E-state index contributed by atoms with van der Waals surface area (Å²) in [5.74, 6) is 0.852. The largest absolute Gasteiger partial charge is 0.497 e. The van der Waals surface area contributed by atoms with Gasteiger partial charge in [0.05, 0.1) is 13.7 Å². The van der Waals surface area contributed by atoms with Gasteiger partial charge in [-0.2, -0.15) is 0 Å². The molecular weight excluding hydrogens is 298 g/mol. The molecular formula is C16H19N3O2S. The van der Waals surface area contributed by atoms with Crippen molar-refractivity contribution < 1.29 is 9.53 Å². The van der Waals surface area contributed by atoms with Crippen LogP contribution in [0.2, 0.25) is 0 Å². The highest BCUT2D eigenvalue weighted by molar-refractivity contribution is 7.13. The summed E-state index contributed by atoms with van der Waals surface area (Å²) in [6, 6.07) is 8.41. The minimum Gasteiger partial charge on any atom is -0.497 e. The number of hydrogen-bond acceptors (Lipinski definition) is 5. The summed E-state index contributed by atoms with van der Waals surface area (Å²) in [6.07, 6.45) is 3.88. The van der Waals surface area contributed by atoms with Crippen LogP contribution >= 0.6 is 11.3 Å². The summed E-state index contributed by atoms with van der Waals surface area (Å²) in [4.78, 5) is 18.4. The van der Waals surface area contributed by atoms with Gasteiger partial charge in [0, 0.05) is 17.6 Å². The maximum Gasteiger partial charge on any atom is 0.240 e. The Kier molecular flexibility index (Phi) is 4.70. The quantitative estimate of drug-likeness (QED) is 0.921. The SMILES string of the molecule is COc1ccc(C2CCCN2CC(=O)Nc2nccs2)cc1. The van der Waals surface area contributed by atoms with Crippen LogP contribution in [-0.2, 0) is 4.79 Å². The molecule has 3 rings (SSSR count). The van der Waals surface area contributed by atoms with Gasteiger partial charge in [0.2, 0.25) is 5.91 Å². The second-order valence-electron chi connectivity index (χ2n) is 5.29. The van der Waals surface area contributed by atoms with Crippen LogP contribution in [0.3, 0.4) is 0 Å². The third-order valence-electron chi connectivity index (χ3n) is 3.89. The predicted molar refractivity (Wildman–Crippen MR) is 87.3 cm³/mol. The summed E-state index contributed by atoms with van der Waals surface area (Å²) in [6.45, 7) is 1.35. The molecule has 1 amide bonds. The van der Waals surface area contributed by atoms with Gasteiger partial charge in [-0.05, 0) is 37.1 Å². The lowest BCUT2D eigenvalue weighted by Gasteiger charge is -2.24. The summed E-state index contributed by atoms with van der Waals surface area (Å²) in [5, 5.41) is 5.36. The average Bonchev–Trinajstić information content (AvgIpc) is 3.19. The van der Waals surface area contributed by atoms with Crippen LogP contribution in [0.1, 0.15) is 24.4 Å². The fraction of sp³-hybridized carbons (Fsp3) is 0.375. The van der Waals surface area contributed by atoms with E-state index in [2.05, 4.69) is 27.3 Å². The number of nitrogens with one attached hydrogen (secondary N) is 1. The van der Waals surface area contributed by atoms with E-state index in [9.17, 15) is 4.79 Å². The molecule has 1 atom stereocenters. The molecule has 6 heteroatoms. The monoisotopic (exact) mass is 317 g/mol. The Morgan fingerprint density at radius 2 is 2.27 bits per heavy atom. The van der Waals surface area contributed by atoms with E-state index in [1.54, 1.807) is 13.3 Å². The van der Waals surface area contributed by atoms with E-state index in [-0.39, 0.29) is 5.91 Å². The molecule has 0 spiro atoms. The number of carbonyl (C=O) groups is 1. The highest BCUT2D eigenvalue weighted by Gasteiger charge is 2.27. The van der Waals surface area contributed by atoms with Gasteiger partial charge in [-0.25, -0.2) is 4.98 Å². The Bertz CT molecular complexity index is 613. The predicted octanol–water partition coefficient (Wildman–Crippen LogP) is 2.93. The van der Waals surface area contributed by atoms with E-state index < -0.39 is 0 Å². The zero-order chi connectivity index (χ0) is 15.4. The molecule has 1 aliphatic heterocycles. The molecule has 1 aromatic carbocycles. The first-order chi connectivity index (χ1) is 10.8. The van der Waals surface area contributed by atoms with E-state index in [0.29, 0.717) is 17.7 Å². The number of thiazole rings is 1. The second kappa shape index (κ2) is 6.89. The third kappa shape index (κ3) is 3.45. The molecule has 2 aromatic rings. The Morgan fingerprint density at radius 3 is 2.95 bits per heavy atom. The summed E-state index contributed by atoms with van der Waals surface area (Å²) >= 11 is 1.43. The van der Waals surface area contributed by atoms with Gasteiger partial charge < -0.3 is 10.1 Å². The van der Waals surface area contributed by atoms with E-state index in [0.717, 1.165) is 25.1 Å². The standard InChI is InChI=1S/C16H19N3O2S/c1-21-13-6-4-12(5-7-13)14-3-2-9-19(14)11-15(20)18-16-17-8-10-22-16/h4-8,10,14H,2-3,9,11H2,1H3,(H,17,18,20). The van der Waals surface area contributed by atoms with Crippen molar-refractivity contribution in [3.05, 3.63) is 41.4 Å². The maximum absolute atomic E-state index is 12.1. The van der Waals surface area contributed by atoms with Crippen molar-refractivity contribution in [1.82, 2.24) is 9.88 Å². The number of aromatic nitrogens is 1. The molecule has 0 saturated carbocycles. The molecule has 0 bridgehead atoms. The molecule has 0 aliphatic carbocycles. The molecule has 0 radical (unpaired) electrons. The van der Waals surface area contributed by atoms with Crippen LogP contribution < -0.4 is 10.1 Å². The van der Waals surface area contributed by atoms with Gasteiger partial charge >= 0.3 is 0 Å². The lowest BCUT2D eigenvalue weighted by molar-refractivity contribution is -0.117. The average molecular weight is 317 g/mol. The van der Waals surface area contributed by atoms with Crippen molar-refractivity contribution in [2.75, 3.05) is 25.5 Å². The Balaban J connectivity index is 1.63. The van der Waals surface area contributed by atoms with Gasteiger partial charge in [-0.1, -0.05) is 12.1 Å². The fourth-order valence-electron chi connectivity index (χ4n) is 2.85. The summed E-state index contributed by atoms with van der Waals surface area (Å²) in [5.41, 5.74) is 1.24. The van der Waals surface area contributed by atoms with Gasteiger partial charge in [0.1, 0.15) is 5.75 Å². The lowest BCUT2D eigenvalue weighted by Crippen LogP contribution is -2.32. The van der Waals surface area contributed by atoms with Crippen molar-refractivity contribution in [1.29, 1.82) is 0 Å². The number of ether oxygens (including phenoxy) is 1.